The van der Waals surface area contributed by atoms with E-state index in [9.17, 15) is 13.2 Å². The Morgan fingerprint density at radius 2 is 1.94 bits per heavy atom. The minimum absolute atomic E-state index is 0.145. The van der Waals surface area contributed by atoms with Crippen LogP contribution in [0, 0.1) is 13.8 Å². The number of hydrogen-bond acceptors (Lipinski definition) is 7. The molecular weight excluding hydrogens is 450 g/mol. The fourth-order valence-corrected chi connectivity index (χ4v) is 5.46. The van der Waals surface area contributed by atoms with E-state index >= 15 is 0 Å². The van der Waals surface area contributed by atoms with Gasteiger partial charge in [0.15, 0.2) is 11.0 Å². The van der Waals surface area contributed by atoms with Gasteiger partial charge in [0.05, 0.1) is 27.7 Å². The second-order valence-corrected chi connectivity index (χ2v) is 10.0. The van der Waals surface area contributed by atoms with E-state index < -0.39 is 10.0 Å². The van der Waals surface area contributed by atoms with Gasteiger partial charge in [0, 0.05) is 25.7 Å². The van der Waals surface area contributed by atoms with Crippen LogP contribution in [0.15, 0.2) is 34.3 Å². The van der Waals surface area contributed by atoms with Gasteiger partial charge in [-0.3, -0.25) is 9.89 Å². The lowest BCUT2D eigenvalue weighted by molar-refractivity contribution is -0.113. The maximum atomic E-state index is 12.9. The number of nitrogens with zero attached hydrogens (tertiary/aromatic N) is 5. The number of nitrogens with one attached hydrogen (secondary N) is 2. The number of carbonyl (C=O) groups is 1. The van der Waals surface area contributed by atoms with Crippen molar-refractivity contribution in [2.75, 3.05) is 24.2 Å². The summed E-state index contributed by atoms with van der Waals surface area (Å²) >= 11 is 1.25. The molecule has 3 rings (SSSR count). The van der Waals surface area contributed by atoms with Gasteiger partial charge in [0.1, 0.15) is 0 Å². The van der Waals surface area contributed by atoms with Crippen LogP contribution < -0.4 is 5.32 Å². The predicted molar refractivity (Wildman–Crippen MR) is 124 cm³/mol. The Kier molecular flexibility index (Phi) is 7.36. The van der Waals surface area contributed by atoms with Crippen molar-refractivity contribution >= 4 is 33.4 Å². The number of aromatic nitrogens is 5. The number of H-pyrrole nitrogens is 1. The van der Waals surface area contributed by atoms with Gasteiger partial charge in [-0.15, -0.1) is 10.2 Å². The summed E-state index contributed by atoms with van der Waals surface area (Å²) < 4.78 is 28.9. The number of amides is 1. The molecule has 1 amide bonds. The van der Waals surface area contributed by atoms with Crippen LogP contribution in [0.4, 0.5) is 5.69 Å². The highest BCUT2D eigenvalue weighted by atomic mass is 32.2. The lowest BCUT2D eigenvalue weighted by Gasteiger charge is -2.18. The number of hydrogen-bond donors (Lipinski definition) is 2. The Labute approximate surface area is 191 Å². The minimum atomic E-state index is -3.58. The Bertz CT molecular complexity index is 1190. The van der Waals surface area contributed by atoms with Crippen LogP contribution in [-0.4, -0.2) is 62.4 Å². The summed E-state index contributed by atoms with van der Waals surface area (Å²) in [6, 6.07) is 6.66. The molecule has 0 spiro atoms. The van der Waals surface area contributed by atoms with Crippen LogP contribution in [0.2, 0.25) is 0 Å². The van der Waals surface area contributed by atoms with Gasteiger partial charge >= 0.3 is 0 Å². The zero-order valence-electron chi connectivity index (χ0n) is 18.7. The molecule has 0 radical (unpaired) electrons. The third-order valence-electron chi connectivity index (χ3n) is 5.00. The molecule has 0 saturated heterocycles. The molecule has 0 atom stereocenters. The van der Waals surface area contributed by atoms with Gasteiger partial charge in [0.2, 0.25) is 15.9 Å². The van der Waals surface area contributed by atoms with Gasteiger partial charge in [-0.2, -0.15) is 9.40 Å². The zero-order chi connectivity index (χ0) is 23.5. The Balaban J connectivity index is 1.76. The third-order valence-corrected chi connectivity index (χ3v) is 8.06. The third kappa shape index (κ3) is 4.87. The van der Waals surface area contributed by atoms with E-state index in [1.165, 1.54) is 16.1 Å². The molecule has 0 aliphatic heterocycles. The lowest BCUT2D eigenvalue weighted by Crippen LogP contribution is -2.30. The standard InChI is InChI=1S/C20H27N7O3S2/c1-6-27(7-2)32(29,30)16-10-8-9-15(11-16)19-24-25-20(26(19)5)31-12-17(28)21-18-13(3)22-23-14(18)4/h8-11H,6-7,12H2,1-5H3,(H,21,28)(H,22,23). The second-order valence-electron chi connectivity index (χ2n) is 7.13. The van der Waals surface area contributed by atoms with Crippen LogP contribution in [0.5, 0.6) is 0 Å². The van der Waals surface area contributed by atoms with Crippen LogP contribution in [-0.2, 0) is 21.9 Å². The molecule has 1 aromatic carbocycles. The summed E-state index contributed by atoms with van der Waals surface area (Å²) in [7, 11) is -1.80. The molecule has 12 heteroatoms. The van der Waals surface area contributed by atoms with Gasteiger partial charge in [-0.1, -0.05) is 37.7 Å². The van der Waals surface area contributed by atoms with Crippen molar-refractivity contribution < 1.29 is 13.2 Å². The van der Waals surface area contributed by atoms with Crippen molar-refractivity contribution in [3.63, 3.8) is 0 Å². The van der Waals surface area contributed by atoms with Crippen molar-refractivity contribution in [3.05, 3.63) is 35.7 Å². The highest BCUT2D eigenvalue weighted by Crippen LogP contribution is 2.26. The van der Waals surface area contributed by atoms with Gasteiger partial charge in [-0.05, 0) is 26.0 Å². The molecule has 2 N–H and O–H groups in total. The summed E-state index contributed by atoms with van der Waals surface area (Å²) in [6.07, 6.45) is 0. The second kappa shape index (κ2) is 9.84. The number of anilines is 1. The largest absolute Gasteiger partial charge is 0.322 e. The average molecular weight is 478 g/mol. The summed E-state index contributed by atoms with van der Waals surface area (Å²) in [5.74, 6) is 0.484. The van der Waals surface area contributed by atoms with E-state index in [1.807, 2.05) is 27.7 Å². The molecule has 172 valence electrons. The molecule has 0 bridgehead atoms. The molecule has 0 saturated carbocycles. The van der Waals surface area contributed by atoms with E-state index in [1.54, 1.807) is 35.9 Å². The van der Waals surface area contributed by atoms with Gasteiger partial charge in [0.25, 0.3) is 0 Å². The summed E-state index contributed by atoms with van der Waals surface area (Å²) in [6.45, 7) is 8.06. The minimum Gasteiger partial charge on any atom is -0.322 e. The highest BCUT2D eigenvalue weighted by Gasteiger charge is 2.23. The molecule has 0 aliphatic rings. The summed E-state index contributed by atoms with van der Waals surface area (Å²) in [4.78, 5) is 12.6. The average Bonchev–Trinajstić information content (AvgIpc) is 3.29. The van der Waals surface area contributed by atoms with E-state index in [0.717, 1.165) is 11.4 Å². The van der Waals surface area contributed by atoms with Crippen LogP contribution >= 0.6 is 11.8 Å². The number of benzene rings is 1. The first-order valence-electron chi connectivity index (χ1n) is 10.1. The molecule has 0 unspecified atom stereocenters. The first-order chi connectivity index (χ1) is 15.2. The van der Waals surface area contributed by atoms with Gasteiger partial charge < -0.3 is 9.88 Å². The van der Waals surface area contributed by atoms with E-state index in [2.05, 4.69) is 25.7 Å². The molecule has 2 heterocycles. The SMILES string of the molecule is CCN(CC)S(=O)(=O)c1cccc(-c2nnc(SCC(=O)Nc3c(C)n[nH]c3C)n2C)c1. The molecular formula is C20H27N7O3S2. The van der Waals surface area contributed by atoms with E-state index in [-0.39, 0.29) is 16.6 Å². The zero-order valence-corrected chi connectivity index (χ0v) is 20.3. The van der Waals surface area contributed by atoms with Crippen molar-refractivity contribution in [2.45, 2.75) is 37.7 Å². The van der Waals surface area contributed by atoms with Crippen LogP contribution in [0.1, 0.15) is 25.2 Å². The first-order valence-corrected chi connectivity index (χ1v) is 12.6. The first kappa shape index (κ1) is 24.0. The fourth-order valence-electron chi connectivity index (χ4n) is 3.24. The number of sulfonamides is 1. The Morgan fingerprint density at radius 3 is 2.56 bits per heavy atom. The fraction of sp³-hybridized carbons (Fsp3) is 0.400. The van der Waals surface area contributed by atoms with E-state index in [0.29, 0.717) is 35.3 Å². The van der Waals surface area contributed by atoms with Crippen LogP contribution in [0.25, 0.3) is 11.4 Å². The Hall–Kier alpha value is -2.70. The molecule has 2 aromatic heterocycles. The van der Waals surface area contributed by atoms with Gasteiger partial charge in [-0.25, -0.2) is 8.42 Å². The molecule has 32 heavy (non-hydrogen) atoms. The Morgan fingerprint density at radius 1 is 1.22 bits per heavy atom. The maximum absolute atomic E-state index is 12.9. The normalized spacial score (nSPS) is 11.8. The highest BCUT2D eigenvalue weighted by molar-refractivity contribution is 7.99. The molecule has 10 nitrogen and oxygen atoms in total. The number of thioether (sulfide) groups is 1. The molecule has 3 aromatic rings. The number of carbonyl (C=O) groups excluding carboxylic acids is 1. The number of rotatable bonds is 9. The van der Waals surface area contributed by atoms with Crippen molar-refractivity contribution in [2.24, 2.45) is 7.05 Å². The van der Waals surface area contributed by atoms with Crippen LogP contribution in [0.3, 0.4) is 0 Å². The predicted octanol–water partition coefficient (Wildman–Crippen LogP) is 2.58. The quantitative estimate of drug-likeness (QED) is 0.454. The molecule has 0 aliphatic carbocycles. The maximum Gasteiger partial charge on any atom is 0.243 e. The smallest absolute Gasteiger partial charge is 0.243 e. The summed E-state index contributed by atoms with van der Waals surface area (Å²) in [5, 5.41) is 18.7. The monoisotopic (exact) mass is 477 g/mol. The van der Waals surface area contributed by atoms with E-state index in [4.69, 9.17) is 0 Å². The van der Waals surface area contributed by atoms with Crippen molar-refractivity contribution in [1.29, 1.82) is 0 Å². The van der Waals surface area contributed by atoms with Crippen molar-refractivity contribution in [1.82, 2.24) is 29.3 Å². The number of aryl methyl sites for hydroxylation is 2. The molecule has 0 fully saturated rings. The summed E-state index contributed by atoms with van der Waals surface area (Å²) in [5.41, 5.74) is 2.83. The number of aromatic amines is 1. The topological polar surface area (TPSA) is 126 Å². The lowest BCUT2D eigenvalue weighted by atomic mass is 10.2. The van der Waals surface area contributed by atoms with Crippen molar-refractivity contribution in [3.8, 4) is 11.4 Å².